The molecule has 0 aromatic heterocycles. The van der Waals surface area contributed by atoms with E-state index in [2.05, 4.69) is 0 Å². The van der Waals surface area contributed by atoms with E-state index in [-0.39, 0.29) is 18.4 Å². The average molecular weight is 272 g/mol. The van der Waals surface area contributed by atoms with Crippen LogP contribution in [0.25, 0.3) is 0 Å². The van der Waals surface area contributed by atoms with Crippen molar-refractivity contribution in [1.82, 2.24) is 4.31 Å². The highest BCUT2D eigenvalue weighted by Crippen LogP contribution is 2.09. The number of rotatable bonds is 9. The van der Waals surface area contributed by atoms with Crippen LogP contribution in [0, 0.1) is 0 Å². The van der Waals surface area contributed by atoms with Gasteiger partial charge in [0.1, 0.15) is 0 Å². The SMILES string of the molecule is CCOCCS(=O)(=O)N(CCCCl)C(C)C. The highest BCUT2D eigenvalue weighted by Gasteiger charge is 2.23. The van der Waals surface area contributed by atoms with E-state index in [1.807, 2.05) is 20.8 Å². The highest BCUT2D eigenvalue weighted by atomic mass is 35.5. The summed E-state index contributed by atoms with van der Waals surface area (Å²) in [7, 11) is -3.22. The summed E-state index contributed by atoms with van der Waals surface area (Å²) in [5.41, 5.74) is 0. The van der Waals surface area contributed by atoms with Crippen molar-refractivity contribution >= 4 is 21.6 Å². The van der Waals surface area contributed by atoms with Crippen LogP contribution in [0.4, 0.5) is 0 Å². The zero-order valence-electron chi connectivity index (χ0n) is 10.3. The summed E-state index contributed by atoms with van der Waals surface area (Å²) in [5.74, 6) is 0.519. The van der Waals surface area contributed by atoms with Gasteiger partial charge in [0.25, 0.3) is 0 Å². The first-order valence-electron chi connectivity index (χ1n) is 5.59. The van der Waals surface area contributed by atoms with E-state index in [0.29, 0.717) is 25.5 Å². The molecule has 0 aliphatic heterocycles. The topological polar surface area (TPSA) is 46.6 Å². The van der Waals surface area contributed by atoms with Crippen LogP contribution in [0.5, 0.6) is 0 Å². The maximum Gasteiger partial charge on any atom is 0.216 e. The van der Waals surface area contributed by atoms with Crippen LogP contribution in [-0.4, -0.2) is 50.2 Å². The summed E-state index contributed by atoms with van der Waals surface area (Å²) >= 11 is 5.58. The van der Waals surface area contributed by atoms with Crippen LogP contribution < -0.4 is 0 Å². The standard InChI is InChI=1S/C10H22ClNO3S/c1-4-15-8-9-16(13,14)12(10(2)3)7-5-6-11/h10H,4-9H2,1-3H3. The molecule has 0 aromatic carbocycles. The lowest BCUT2D eigenvalue weighted by atomic mass is 10.4. The molecule has 0 aromatic rings. The van der Waals surface area contributed by atoms with Crippen molar-refractivity contribution in [2.24, 2.45) is 0 Å². The summed E-state index contributed by atoms with van der Waals surface area (Å²) in [6.45, 7) is 6.86. The molecule has 4 nitrogen and oxygen atoms in total. The lowest BCUT2D eigenvalue weighted by molar-refractivity contribution is 0.162. The summed E-state index contributed by atoms with van der Waals surface area (Å²) < 4.78 is 30.5. The summed E-state index contributed by atoms with van der Waals surface area (Å²) in [4.78, 5) is 0. The Morgan fingerprint density at radius 3 is 2.44 bits per heavy atom. The number of alkyl halides is 1. The lowest BCUT2D eigenvalue weighted by Crippen LogP contribution is -2.40. The number of hydrogen-bond acceptors (Lipinski definition) is 3. The monoisotopic (exact) mass is 271 g/mol. The van der Waals surface area contributed by atoms with Crippen molar-refractivity contribution in [3.05, 3.63) is 0 Å². The highest BCUT2D eigenvalue weighted by molar-refractivity contribution is 7.89. The van der Waals surface area contributed by atoms with Crippen LogP contribution in [0.1, 0.15) is 27.2 Å². The van der Waals surface area contributed by atoms with Crippen LogP contribution in [0.3, 0.4) is 0 Å². The van der Waals surface area contributed by atoms with Gasteiger partial charge in [-0.25, -0.2) is 8.42 Å². The fraction of sp³-hybridized carbons (Fsp3) is 1.00. The second-order valence-electron chi connectivity index (χ2n) is 3.76. The van der Waals surface area contributed by atoms with E-state index in [4.69, 9.17) is 16.3 Å². The third-order valence-electron chi connectivity index (χ3n) is 2.14. The maximum atomic E-state index is 12.0. The number of hydrogen-bond donors (Lipinski definition) is 0. The lowest BCUT2D eigenvalue weighted by Gasteiger charge is -2.25. The van der Waals surface area contributed by atoms with E-state index in [0.717, 1.165) is 0 Å². The van der Waals surface area contributed by atoms with Crippen LogP contribution in [0.2, 0.25) is 0 Å². The molecule has 0 spiro atoms. The third kappa shape index (κ3) is 6.03. The van der Waals surface area contributed by atoms with Gasteiger partial charge in [0.15, 0.2) is 0 Å². The minimum absolute atomic E-state index is 0.0326. The van der Waals surface area contributed by atoms with Gasteiger partial charge < -0.3 is 4.74 Å². The van der Waals surface area contributed by atoms with Crippen molar-refractivity contribution < 1.29 is 13.2 Å². The first-order valence-corrected chi connectivity index (χ1v) is 7.73. The minimum Gasteiger partial charge on any atom is -0.381 e. The molecular formula is C10H22ClNO3S. The normalized spacial score (nSPS) is 12.6. The molecular weight excluding hydrogens is 250 g/mol. The van der Waals surface area contributed by atoms with E-state index in [1.165, 1.54) is 4.31 Å². The molecule has 0 saturated carbocycles. The second kappa shape index (κ2) is 8.28. The van der Waals surface area contributed by atoms with E-state index in [1.54, 1.807) is 0 Å². The van der Waals surface area contributed by atoms with Gasteiger partial charge >= 0.3 is 0 Å². The molecule has 0 fully saturated rings. The summed E-state index contributed by atoms with van der Waals surface area (Å²) in [6.07, 6.45) is 0.674. The van der Waals surface area contributed by atoms with Crippen molar-refractivity contribution in [2.45, 2.75) is 33.2 Å². The number of nitrogens with zero attached hydrogens (tertiary/aromatic N) is 1. The molecule has 0 unspecified atom stereocenters. The predicted octanol–water partition coefficient (Wildman–Crippen LogP) is 1.69. The van der Waals surface area contributed by atoms with E-state index >= 15 is 0 Å². The zero-order valence-corrected chi connectivity index (χ0v) is 11.9. The van der Waals surface area contributed by atoms with Crippen LogP contribution >= 0.6 is 11.6 Å². The van der Waals surface area contributed by atoms with Crippen molar-refractivity contribution in [2.75, 3.05) is 31.4 Å². The Morgan fingerprint density at radius 2 is 2.00 bits per heavy atom. The number of halogens is 1. The number of sulfonamides is 1. The van der Waals surface area contributed by atoms with Crippen molar-refractivity contribution in [1.29, 1.82) is 0 Å². The smallest absolute Gasteiger partial charge is 0.216 e. The molecule has 0 bridgehead atoms. The maximum absolute atomic E-state index is 12.0. The molecule has 6 heteroatoms. The van der Waals surface area contributed by atoms with Crippen molar-refractivity contribution in [3.8, 4) is 0 Å². The quantitative estimate of drug-likeness (QED) is 0.474. The Balaban J connectivity index is 4.38. The fourth-order valence-electron chi connectivity index (χ4n) is 1.36. The molecule has 0 N–H and O–H groups in total. The fourth-order valence-corrected chi connectivity index (χ4v) is 3.09. The molecule has 0 rings (SSSR count). The number of ether oxygens (including phenoxy) is 1. The molecule has 0 radical (unpaired) electrons. The van der Waals surface area contributed by atoms with Gasteiger partial charge in [-0.3, -0.25) is 0 Å². The Labute approximate surface area is 104 Å². The van der Waals surface area contributed by atoms with Gasteiger partial charge in [0.2, 0.25) is 10.0 Å². The second-order valence-corrected chi connectivity index (χ2v) is 6.18. The van der Waals surface area contributed by atoms with Crippen LogP contribution in [-0.2, 0) is 14.8 Å². The van der Waals surface area contributed by atoms with Crippen molar-refractivity contribution in [3.63, 3.8) is 0 Å². The van der Waals surface area contributed by atoms with E-state index in [9.17, 15) is 8.42 Å². The van der Waals surface area contributed by atoms with Gasteiger partial charge in [0, 0.05) is 25.1 Å². The van der Waals surface area contributed by atoms with E-state index < -0.39 is 10.0 Å². The first kappa shape index (κ1) is 16.2. The minimum atomic E-state index is -3.22. The molecule has 98 valence electrons. The molecule has 0 amide bonds. The molecule has 0 saturated heterocycles. The Hall–Kier alpha value is 0.160. The van der Waals surface area contributed by atoms with Gasteiger partial charge in [-0.2, -0.15) is 4.31 Å². The molecule has 0 atom stereocenters. The Bertz CT molecular complexity index is 267. The largest absolute Gasteiger partial charge is 0.381 e. The average Bonchev–Trinajstić information content (AvgIpc) is 2.17. The molecule has 16 heavy (non-hydrogen) atoms. The van der Waals surface area contributed by atoms with Gasteiger partial charge in [0.05, 0.1) is 12.4 Å². The molecule has 0 aliphatic rings. The first-order chi connectivity index (χ1) is 7.45. The summed E-state index contributed by atoms with van der Waals surface area (Å²) in [6, 6.07) is -0.0326. The van der Waals surface area contributed by atoms with Crippen LogP contribution in [0.15, 0.2) is 0 Å². The van der Waals surface area contributed by atoms with Gasteiger partial charge in [-0.15, -0.1) is 11.6 Å². The third-order valence-corrected chi connectivity index (χ3v) is 4.40. The Kier molecular flexibility index (Phi) is 8.36. The molecule has 0 heterocycles. The van der Waals surface area contributed by atoms with Gasteiger partial charge in [-0.05, 0) is 27.2 Å². The van der Waals surface area contributed by atoms with Gasteiger partial charge in [-0.1, -0.05) is 0 Å². The predicted molar refractivity (Wildman–Crippen MR) is 67.5 cm³/mol. The molecule has 0 aliphatic carbocycles. The zero-order chi connectivity index (χ0) is 12.6. The Morgan fingerprint density at radius 1 is 1.38 bits per heavy atom. The summed E-state index contributed by atoms with van der Waals surface area (Å²) in [5, 5.41) is 0.